The molecule has 94 valence electrons. The van der Waals surface area contributed by atoms with Gasteiger partial charge in [0.05, 0.1) is 4.90 Å². The molecule has 0 saturated carbocycles. The topological polar surface area (TPSA) is 63.4 Å². The Kier molecular flexibility index (Phi) is 3.25. The second-order valence-corrected chi connectivity index (χ2v) is 6.64. The Morgan fingerprint density at radius 2 is 1.88 bits per heavy atom. The first kappa shape index (κ1) is 12.5. The van der Waals surface area contributed by atoms with Gasteiger partial charge in [-0.1, -0.05) is 31.5 Å². The van der Waals surface area contributed by atoms with Crippen molar-refractivity contribution in [1.82, 2.24) is 4.31 Å². The summed E-state index contributed by atoms with van der Waals surface area (Å²) in [6.07, 6.45) is 1.85. The van der Waals surface area contributed by atoms with E-state index in [9.17, 15) is 8.42 Å². The van der Waals surface area contributed by atoms with Crippen LogP contribution < -0.4 is 5.73 Å². The van der Waals surface area contributed by atoms with Crippen molar-refractivity contribution in [3.05, 3.63) is 30.3 Å². The average molecular weight is 254 g/mol. The number of benzene rings is 1. The highest BCUT2D eigenvalue weighted by atomic mass is 32.2. The number of sulfonamides is 1. The summed E-state index contributed by atoms with van der Waals surface area (Å²) in [5.41, 5.74) is 5.75. The van der Waals surface area contributed by atoms with Crippen LogP contribution in [0.1, 0.15) is 19.8 Å². The van der Waals surface area contributed by atoms with Gasteiger partial charge in [0.15, 0.2) is 0 Å². The van der Waals surface area contributed by atoms with Gasteiger partial charge >= 0.3 is 0 Å². The summed E-state index contributed by atoms with van der Waals surface area (Å²) in [4.78, 5) is 0.346. The third kappa shape index (κ3) is 2.36. The summed E-state index contributed by atoms with van der Waals surface area (Å²) in [5.74, 6) is 0. The highest BCUT2D eigenvalue weighted by molar-refractivity contribution is 7.89. The Bertz CT molecular complexity index is 478. The van der Waals surface area contributed by atoms with Gasteiger partial charge in [0.1, 0.15) is 0 Å². The third-order valence-corrected chi connectivity index (χ3v) is 4.92. The highest BCUT2D eigenvalue weighted by Crippen LogP contribution is 2.29. The van der Waals surface area contributed by atoms with E-state index in [1.165, 1.54) is 4.31 Å². The fraction of sp³-hybridized carbons (Fsp3) is 0.500. The first-order chi connectivity index (χ1) is 7.98. The van der Waals surface area contributed by atoms with Crippen LogP contribution in [-0.4, -0.2) is 31.4 Å². The molecule has 0 aliphatic carbocycles. The third-order valence-electron chi connectivity index (χ3n) is 3.11. The summed E-state index contributed by atoms with van der Waals surface area (Å²) in [7, 11) is -3.34. The zero-order valence-electron chi connectivity index (χ0n) is 9.96. The second kappa shape index (κ2) is 4.40. The van der Waals surface area contributed by atoms with Crippen molar-refractivity contribution < 1.29 is 8.42 Å². The fourth-order valence-electron chi connectivity index (χ4n) is 2.22. The Hall–Kier alpha value is -0.910. The van der Waals surface area contributed by atoms with Crippen LogP contribution in [0.5, 0.6) is 0 Å². The molecular formula is C12H18N2O2S. The molecule has 1 saturated heterocycles. The highest BCUT2D eigenvalue weighted by Gasteiger charge is 2.44. The van der Waals surface area contributed by atoms with Crippen LogP contribution in [0.2, 0.25) is 0 Å². The quantitative estimate of drug-likeness (QED) is 0.878. The van der Waals surface area contributed by atoms with Crippen LogP contribution in [0.3, 0.4) is 0 Å². The van der Waals surface area contributed by atoms with E-state index in [-0.39, 0.29) is 5.54 Å². The van der Waals surface area contributed by atoms with E-state index in [4.69, 9.17) is 5.73 Å². The smallest absolute Gasteiger partial charge is 0.243 e. The van der Waals surface area contributed by atoms with Crippen LogP contribution in [0.25, 0.3) is 0 Å². The van der Waals surface area contributed by atoms with Crippen LogP contribution in [0.15, 0.2) is 35.2 Å². The number of hydrogen-bond acceptors (Lipinski definition) is 3. The van der Waals surface area contributed by atoms with Crippen molar-refractivity contribution in [3.8, 4) is 0 Å². The second-order valence-electron chi connectivity index (χ2n) is 4.70. The maximum Gasteiger partial charge on any atom is 0.243 e. The van der Waals surface area contributed by atoms with Gasteiger partial charge in [-0.25, -0.2) is 8.42 Å². The molecule has 5 heteroatoms. The van der Waals surface area contributed by atoms with E-state index < -0.39 is 10.0 Å². The molecular weight excluding hydrogens is 236 g/mol. The van der Waals surface area contributed by atoms with E-state index in [0.29, 0.717) is 18.0 Å². The lowest BCUT2D eigenvalue weighted by Gasteiger charge is -2.46. The minimum absolute atomic E-state index is 0.323. The zero-order valence-corrected chi connectivity index (χ0v) is 10.8. The summed E-state index contributed by atoms with van der Waals surface area (Å²) in [5, 5.41) is 0. The van der Waals surface area contributed by atoms with E-state index in [1.54, 1.807) is 30.3 Å². The lowest BCUT2D eigenvalue weighted by atomic mass is 9.89. The van der Waals surface area contributed by atoms with Crippen molar-refractivity contribution in [2.24, 2.45) is 5.73 Å². The minimum Gasteiger partial charge on any atom is -0.323 e. The molecule has 0 amide bonds. The molecule has 0 radical (unpaired) electrons. The van der Waals surface area contributed by atoms with Gasteiger partial charge in [0.2, 0.25) is 10.0 Å². The van der Waals surface area contributed by atoms with Gasteiger partial charge in [-0.15, -0.1) is 0 Å². The monoisotopic (exact) mass is 254 g/mol. The molecule has 0 spiro atoms. The largest absolute Gasteiger partial charge is 0.323 e. The molecule has 1 fully saturated rings. The van der Waals surface area contributed by atoms with Gasteiger partial charge in [0.25, 0.3) is 0 Å². The average Bonchev–Trinajstić information content (AvgIpc) is 2.27. The number of hydrogen-bond donors (Lipinski definition) is 1. The van der Waals surface area contributed by atoms with Gasteiger partial charge in [-0.05, 0) is 18.6 Å². The molecule has 1 aromatic rings. The van der Waals surface area contributed by atoms with Crippen LogP contribution in [-0.2, 0) is 10.0 Å². The standard InChI is InChI=1S/C12H18N2O2S/c1-2-8-12(13)9-14(10-12)17(15,16)11-6-4-3-5-7-11/h3-7H,2,8-10,13H2,1H3. The summed E-state index contributed by atoms with van der Waals surface area (Å²) < 4.78 is 25.8. The Labute approximate surface area is 102 Å². The molecule has 17 heavy (non-hydrogen) atoms. The minimum atomic E-state index is -3.34. The summed E-state index contributed by atoms with van der Waals surface area (Å²) in [6, 6.07) is 8.50. The SMILES string of the molecule is CCCC1(N)CN(S(=O)(=O)c2ccccc2)C1. The van der Waals surface area contributed by atoms with Gasteiger partial charge in [-0.3, -0.25) is 0 Å². The van der Waals surface area contributed by atoms with E-state index >= 15 is 0 Å². The van der Waals surface area contributed by atoms with Crippen LogP contribution >= 0.6 is 0 Å². The maximum absolute atomic E-state index is 12.2. The molecule has 1 aliphatic heterocycles. The van der Waals surface area contributed by atoms with Crippen molar-refractivity contribution >= 4 is 10.0 Å². The van der Waals surface area contributed by atoms with E-state index in [0.717, 1.165) is 12.8 Å². The molecule has 1 aliphatic rings. The summed E-state index contributed by atoms with van der Waals surface area (Å²) in [6.45, 7) is 2.92. The number of nitrogens with two attached hydrogens (primary N) is 1. The van der Waals surface area contributed by atoms with E-state index in [2.05, 4.69) is 6.92 Å². The van der Waals surface area contributed by atoms with Crippen molar-refractivity contribution in [1.29, 1.82) is 0 Å². The van der Waals surface area contributed by atoms with Gasteiger partial charge in [-0.2, -0.15) is 4.31 Å². The fourth-order valence-corrected chi connectivity index (χ4v) is 3.88. The first-order valence-corrected chi connectivity index (χ1v) is 7.26. The Morgan fingerprint density at radius 3 is 2.41 bits per heavy atom. The Morgan fingerprint density at radius 1 is 1.29 bits per heavy atom. The first-order valence-electron chi connectivity index (χ1n) is 5.82. The summed E-state index contributed by atoms with van der Waals surface area (Å²) >= 11 is 0. The normalized spacial score (nSPS) is 19.9. The van der Waals surface area contributed by atoms with Crippen molar-refractivity contribution in [2.75, 3.05) is 13.1 Å². The molecule has 2 N–H and O–H groups in total. The zero-order chi connectivity index (χ0) is 12.5. The maximum atomic E-state index is 12.2. The van der Waals surface area contributed by atoms with Crippen molar-refractivity contribution in [3.63, 3.8) is 0 Å². The molecule has 0 atom stereocenters. The number of rotatable bonds is 4. The predicted molar refractivity (Wildman–Crippen MR) is 67.0 cm³/mol. The lowest BCUT2D eigenvalue weighted by Crippen LogP contribution is -2.68. The van der Waals surface area contributed by atoms with E-state index in [1.807, 2.05) is 0 Å². The molecule has 0 bridgehead atoms. The van der Waals surface area contributed by atoms with Gasteiger partial charge in [0, 0.05) is 18.6 Å². The Balaban J connectivity index is 2.11. The molecule has 0 unspecified atom stereocenters. The van der Waals surface area contributed by atoms with Crippen LogP contribution in [0, 0.1) is 0 Å². The van der Waals surface area contributed by atoms with Crippen molar-refractivity contribution in [2.45, 2.75) is 30.2 Å². The predicted octanol–water partition coefficient (Wildman–Crippen LogP) is 1.19. The molecule has 0 aromatic heterocycles. The molecule has 4 nitrogen and oxygen atoms in total. The lowest BCUT2D eigenvalue weighted by molar-refractivity contribution is 0.147. The molecule has 1 aromatic carbocycles. The molecule has 2 rings (SSSR count). The number of nitrogens with zero attached hydrogens (tertiary/aromatic N) is 1. The molecule has 1 heterocycles. The van der Waals surface area contributed by atoms with Gasteiger partial charge < -0.3 is 5.73 Å². The van der Waals surface area contributed by atoms with Crippen LogP contribution in [0.4, 0.5) is 0 Å².